The minimum Gasteiger partial charge on any atom is -0.388 e. The summed E-state index contributed by atoms with van der Waals surface area (Å²) in [5, 5.41) is 10.7. The molecule has 2 aliphatic rings. The van der Waals surface area contributed by atoms with Crippen molar-refractivity contribution in [2.75, 3.05) is 26.7 Å². The van der Waals surface area contributed by atoms with Gasteiger partial charge >= 0.3 is 0 Å². The average molecular weight is 212 g/mol. The van der Waals surface area contributed by atoms with Gasteiger partial charge in [-0.25, -0.2) is 0 Å². The van der Waals surface area contributed by atoms with E-state index in [2.05, 4.69) is 11.9 Å². The van der Waals surface area contributed by atoms with Crippen molar-refractivity contribution in [3.05, 3.63) is 0 Å². The van der Waals surface area contributed by atoms with Crippen molar-refractivity contribution in [1.82, 2.24) is 4.90 Å². The minimum absolute atomic E-state index is 0.0903. The van der Waals surface area contributed by atoms with E-state index in [1.807, 2.05) is 0 Å². The number of hydrogen-bond donors (Lipinski definition) is 2. The van der Waals surface area contributed by atoms with Crippen LogP contribution >= 0.6 is 0 Å². The predicted octanol–water partition coefficient (Wildman–Crippen LogP) is 0.962. The van der Waals surface area contributed by atoms with Crippen molar-refractivity contribution in [1.29, 1.82) is 0 Å². The summed E-state index contributed by atoms with van der Waals surface area (Å²) in [6, 6.07) is 0. The molecule has 0 aromatic carbocycles. The summed E-state index contributed by atoms with van der Waals surface area (Å²) >= 11 is 0. The summed E-state index contributed by atoms with van der Waals surface area (Å²) < 4.78 is 0. The maximum atomic E-state index is 10.7. The molecular formula is C12H24N2O. The Balaban J connectivity index is 2.21. The Morgan fingerprint density at radius 2 is 1.87 bits per heavy atom. The zero-order chi connectivity index (χ0) is 10.9. The number of likely N-dealkylation sites (tertiary alicyclic amines) is 1. The van der Waals surface area contributed by atoms with Gasteiger partial charge in [-0.15, -0.1) is 0 Å². The van der Waals surface area contributed by atoms with Crippen molar-refractivity contribution in [2.45, 2.75) is 44.1 Å². The van der Waals surface area contributed by atoms with Crippen LogP contribution < -0.4 is 5.73 Å². The maximum absolute atomic E-state index is 10.7. The summed E-state index contributed by atoms with van der Waals surface area (Å²) in [7, 11) is 2.16. The first-order valence-corrected chi connectivity index (χ1v) is 6.23. The van der Waals surface area contributed by atoms with Crippen molar-refractivity contribution in [3.63, 3.8) is 0 Å². The Morgan fingerprint density at radius 1 is 1.20 bits per heavy atom. The van der Waals surface area contributed by atoms with Crippen molar-refractivity contribution >= 4 is 0 Å². The van der Waals surface area contributed by atoms with Gasteiger partial charge in [0.2, 0.25) is 0 Å². The summed E-state index contributed by atoms with van der Waals surface area (Å²) in [5.74, 6) is 0. The highest BCUT2D eigenvalue weighted by atomic mass is 16.3. The number of hydrogen-bond acceptors (Lipinski definition) is 3. The van der Waals surface area contributed by atoms with Gasteiger partial charge in [-0.1, -0.05) is 19.3 Å². The molecule has 1 saturated carbocycles. The number of piperidine rings is 1. The second-order valence-electron chi connectivity index (χ2n) is 5.56. The van der Waals surface area contributed by atoms with Crippen LogP contribution in [0, 0.1) is 5.41 Å². The summed E-state index contributed by atoms with van der Waals surface area (Å²) in [5.41, 5.74) is 5.31. The van der Waals surface area contributed by atoms with Crippen LogP contribution in [0.15, 0.2) is 0 Å². The molecule has 1 heterocycles. The molecule has 1 aliphatic heterocycles. The summed E-state index contributed by atoms with van der Waals surface area (Å²) in [6.45, 7) is 2.44. The Kier molecular flexibility index (Phi) is 3.06. The molecule has 1 aliphatic carbocycles. The highest BCUT2D eigenvalue weighted by Gasteiger charge is 2.52. The Labute approximate surface area is 92.6 Å². The fourth-order valence-electron chi connectivity index (χ4n) is 3.55. The highest BCUT2D eigenvalue weighted by Crippen LogP contribution is 2.48. The molecule has 0 amide bonds. The van der Waals surface area contributed by atoms with Crippen LogP contribution in [0.4, 0.5) is 0 Å². The highest BCUT2D eigenvalue weighted by molar-refractivity contribution is 5.05. The normalized spacial score (nSPS) is 37.0. The minimum atomic E-state index is -0.597. The van der Waals surface area contributed by atoms with E-state index in [1.54, 1.807) is 0 Å². The number of nitrogens with zero attached hydrogens (tertiary/aromatic N) is 1. The van der Waals surface area contributed by atoms with E-state index >= 15 is 0 Å². The first-order valence-electron chi connectivity index (χ1n) is 6.23. The van der Waals surface area contributed by atoms with Crippen molar-refractivity contribution in [2.24, 2.45) is 11.1 Å². The molecule has 0 bridgehead atoms. The van der Waals surface area contributed by atoms with Gasteiger partial charge < -0.3 is 15.7 Å². The molecule has 1 spiro atoms. The van der Waals surface area contributed by atoms with Crippen LogP contribution in [0.5, 0.6) is 0 Å². The number of aliphatic hydroxyl groups is 1. The molecule has 88 valence electrons. The van der Waals surface area contributed by atoms with Crippen LogP contribution in [-0.2, 0) is 0 Å². The lowest BCUT2D eigenvalue weighted by molar-refractivity contribution is -0.140. The predicted molar refractivity (Wildman–Crippen MR) is 61.6 cm³/mol. The van der Waals surface area contributed by atoms with E-state index in [0.29, 0.717) is 6.54 Å². The first-order chi connectivity index (χ1) is 7.12. The fraction of sp³-hybridized carbons (Fsp3) is 1.00. The molecule has 15 heavy (non-hydrogen) atoms. The molecule has 3 nitrogen and oxygen atoms in total. The maximum Gasteiger partial charge on any atom is 0.0849 e. The third-order valence-electron chi connectivity index (χ3n) is 4.62. The molecule has 3 heteroatoms. The van der Waals surface area contributed by atoms with E-state index in [9.17, 15) is 5.11 Å². The Morgan fingerprint density at radius 3 is 2.47 bits per heavy atom. The SMILES string of the molecule is CN1CCC(O)(CN)C2(CCCCC2)C1. The van der Waals surface area contributed by atoms with E-state index in [1.165, 1.54) is 19.3 Å². The molecule has 2 fully saturated rings. The number of nitrogens with two attached hydrogens (primary N) is 1. The molecule has 0 aromatic heterocycles. The Hall–Kier alpha value is -0.120. The zero-order valence-electron chi connectivity index (χ0n) is 9.84. The third kappa shape index (κ3) is 1.81. The van der Waals surface area contributed by atoms with Crippen molar-refractivity contribution in [3.8, 4) is 0 Å². The van der Waals surface area contributed by atoms with E-state index in [-0.39, 0.29) is 5.41 Å². The molecule has 0 radical (unpaired) electrons. The second-order valence-corrected chi connectivity index (χ2v) is 5.56. The number of rotatable bonds is 1. The largest absolute Gasteiger partial charge is 0.388 e. The summed E-state index contributed by atoms with van der Waals surface area (Å²) in [4.78, 5) is 2.36. The quantitative estimate of drug-likeness (QED) is 0.681. The second kappa shape index (κ2) is 4.04. The van der Waals surface area contributed by atoms with Gasteiger partial charge in [-0.2, -0.15) is 0 Å². The van der Waals surface area contributed by atoms with Crippen LogP contribution in [0.1, 0.15) is 38.5 Å². The molecule has 0 aromatic rings. The van der Waals surface area contributed by atoms with E-state index in [4.69, 9.17) is 5.73 Å². The lowest BCUT2D eigenvalue weighted by atomic mass is 9.60. The smallest absolute Gasteiger partial charge is 0.0849 e. The van der Waals surface area contributed by atoms with Gasteiger partial charge in [0, 0.05) is 25.0 Å². The van der Waals surface area contributed by atoms with Gasteiger partial charge in [-0.3, -0.25) is 0 Å². The standard InChI is InChI=1S/C12H24N2O/c1-14-8-7-12(15,9-13)11(10-14)5-3-2-4-6-11/h15H,2-10,13H2,1H3. The summed E-state index contributed by atoms with van der Waals surface area (Å²) in [6.07, 6.45) is 7.01. The van der Waals surface area contributed by atoms with Gasteiger partial charge in [0.25, 0.3) is 0 Å². The van der Waals surface area contributed by atoms with E-state index in [0.717, 1.165) is 32.4 Å². The molecule has 3 N–H and O–H groups in total. The third-order valence-corrected chi connectivity index (χ3v) is 4.62. The van der Waals surface area contributed by atoms with Crippen LogP contribution in [-0.4, -0.2) is 42.3 Å². The van der Waals surface area contributed by atoms with Crippen LogP contribution in [0.3, 0.4) is 0 Å². The lowest BCUT2D eigenvalue weighted by Gasteiger charge is -2.54. The van der Waals surface area contributed by atoms with Crippen molar-refractivity contribution < 1.29 is 5.11 Å². The van der Waals surface area contributed by atoms with Crippen LogP contribution in [0.2, 0.25) is 0 Å². The first kappa shape index (κ1) is 11.4. The zero-order valence-corrected chi connectivity index (χ0v) is 9.84. The van der Waals surface area contributed by atoms with Gasteiger partial charge in [0.15, 0.2) is 0 Å². The van der Waals surface area contributed by atoms with Gasteiger partial charge in [0.05, 0.1) is 5.60 Å². The molecular weight excluding hydrogens is 188 g/mol. The Bertz CT molecular complexity index is 226. The van der Waals surface area contributed by atoms with Gasteiger partial charge in [0.1, 0.15) is 0 Å². The molecule has 1 saturated heterocycles. The molecule has 1 atom stereocenters. The molecule has 1 unspecified atom stereocenters. The average Bonchev–Trinajstić information content (AvgIpc) is 2.26. The fourth-order valence-corrected chi connectivity index (χ4v) is 3.55. The topological polar surface area (TPSA) is 49.5 Å². The molecule has 2 rings (SSSR count). The lowest BCUT2D eigenvalue weighted by Crippen LogP contribution is -2.63. The monoisotopic (exact) mass is 212 g/mol. The van der Waals surface area contributed by atoms with E-state index < -0.39 is 5.60 Å². The van der Waals surface area contributed by atoms with Gasteiger partial charge in [-0.05, 0) is 26.3 Å². The van der Waals surface area contributed by atoms with Crippen LogP contribution in [0.25, 0.3) is 0 Å².